The van der Waals surface area contributed by atoms with Crippen LogP contribution in [0.4, 0.5) is 5.69 Å². The zero-order valence-electron chi connectivity index (χ0n) is 11.9. The van der Waals surface area contributed by atoms with Gasteiger partial charge in [0.2, 0.25) is 0 Å². The van der Waals surface area contributed by atoms with E-state index >= 15 is 0 Å². The van der Waals surface area contributed by atoms with E-state index in [1.54, 1.807) is 0 Å². The summed E-state index contributed by atoms with van der Waals surface area (Å²) in [7, 11) is 2.00. The standard InChI is InChI=1S/C15H25N3/c1-4-14-7-5-6-8-18(14)15-9-12(2)17-11-13(15)10-16-3/h9,11,14,16H,4-8,10H2,1-3H3. The van der Waals surface area contributed by atoms with Gasteiger partial charge in [-0.05, 0) is 45.7 Å². The molecule has 1 saturated heterocycles. The number of hydrogen-bond donors (Lipinski definition) is 1. The van der Waals surface area contributed by atoms with E-state index in [1.165, 1.54) is 43.5 Å². The smallest absolute Gasteiger partial charge is 0.0448 e. The number of anilines is 1. The third-order valence-corrected chi connectivity index (χ3v) is 3.87. The predicted octanol–water partition coefficient (Wildman–Crippen LogP) is 2.88. The maximum atomic E-state index is 4.44. The van der Waals surface area contributed by atoms with Crippen molar-refractivity contribution in [2.45, 2.75) is 52.1 Å². The molecule has 0 aliphatic carbocycles. The molecule has 0 radical (unpaired) electrons. The van der Waals surface area contributed by atoms with Crippen LogP contribution in [0, 0.1) is 6.92 Å². The molecule has 2 heterocycles. The van der Waals surface area contributed by atoms with Gasteiger partial charge in [0.1, 0.15) is 0 Å². The molecular weight excluding hydrogens is 222 g/mol. The highest BCUT2D eigenvalue weighted by molar-refractivity contribution is 5.54. The zero-order valence-corrected chi connectivity index (χ0v) is 11.9. The Kier molecular flexibility index (Phi) is 4.59. The van der Waals surface area contributed by atoms with Gasteiger partial charge in [0, 0.05) is 42.3 Å². The van der Waals surface area contributed by atoms with E-state index in [9.17, 15) is 0 Å². The highest BCUT2D eigenvalue weighted by Crippen LogP contribution is 2.29. The van der Waals surface area contributed by atoms with Crippen LogP contribution < -0.4 is 10.2 Å². The van der Waals surface area contributed by atoms with Gasteiger partial charge in [0.25, 0.3) is 0 Å². The van der Waals surface area contributed by atoms with Crippen molar-refractivity contribution in [3.8, 4) is 0 Å². The summed E-state index contributed by atoms with van der Waals surface area (Å²) < 4.78 is 0. The molecule has 1 unspecified atom stereocenters. The predicted molar refractivity (Wildman–Crippen MR) is 77.0 cm³/mol. The third-order valence-electron chi connectivity index (χ3n) is 3.87. The molecule has 1 aliphatic rings. The van der Waals surface area contributed by atoms with Gasteiger partial charge in [-0.3, -0.25) is 4.98 Å². The molecule has 1 N–H and O–H groups in total. The number of nitrogens with zero attached hydrogens (tertiary/aromatic N) is 2. The topological polar surface area (TPSA) is 28.2 Å². The van der Waals surface area contributed by atoms with Crippen molar-refractivity contribution in [2.75, 3.05) is 18.5 Å². The average molecular weight is 247 g/mol. The molecule has 3 nitrogen and oxygen atoms in total. The van der Waals surface area contributed by atoms with Crippen LogP contribution in [0.1, 0.15) is 43.9 Å². The van der Waals surface area contributed by atoms with Gasteiger partial charge in [-0.2, -0.15) is 0 Å². The first-order chi connectivity index (χ1) is 8.76. The fourth-order valence-electron chi connectivity index (χ4n) is 2.91. The minimum absolute atomic E-state index is 0.705. The molecule has 1 aliphatic heterocycles. The highest BCUT2D eigenvalue weighted by atomic mass is 15.2. The number of pyridine rings is 1. The van der Waals surface area contributed by atoms with Gasteiger partial charge in [-0.25, -0.2) is 0 Å². The van der Waals surface area contributed by atoms with E-state index in [0.29, 0.717) is 6.04 Å². The van der Waals surface area contributed by atoms with Crippen molar-refractivity contribution in [2.24, 2.45) is 0 Å². The molecule has 1 aromatic rings. The summed E-state index contributed by atoms with van der Waals surface area (Å²) in [4.78, 5) is 7.04. The first-order valence-electron chi connectivity index (χ1n) is 7.13. The van der Waals surface area contributed by atoms with Crippen LogP contribution in [-0.2, 0) is 6.54 Å². The number of aryl methyl sites for hydroxylation is 1. The second kappa shape index (κ2) is 6.19. The minimum atomic E-state index is 0.705. The summed E-state index contributed by atoms with van der Waals surface area (Å²) in [5.41, 5.74) is 3.83. The third kappa shape index (κ3) is 2.83. The molecule has 1 aromatic heterocycles. The van der Waals surface area contributed by atoms with Crippen molar-refractivity contribution >= 4 is 5.69 Å². The lowest BCUT2D eigenvalue weighted by Crippen LogP contribution is -2.40. The first-order valence-corrected chi connectivity index (χ1v) is 7.13. The number of rotatable bonds is 4. The fraction of sp³-hybridized carbons (Fsp3) is 0.667. The Balaban J connectivity index is 2.31. The highest BCUT2D eigenvalue weighted by Gasteiger charge is 2.23. The Morgan fingerprint density at radius 1 is 1.44 bits per heavy atom. The first kappa shape index (κ1) is 13.3. The van der Waals surface area contributed by atoms with Crippen molar-refractivity contribution in [3.63, 3.8) is 0 Å². The van der Waals surface area contributed by atoms with E-state index in [0.717, 1.165) is 12.2 Å². The lowest BCUT2D eigenvalue weighted by molar-refractivity contribution is 0.448. The van der Waals surface area contributed by atoms with Crippen molar-refractivity contribution in [1.29, 1.82) is 0 Å². The summed E-state index contributed by atoms with van der Waals surface area (Å²) in [6, 6.07) is 2.96. The quantitative estimate of drug-likeness (QED) is 0.886. The van der Waals surface area contributed by atoms with Crippen LogP contribution in [-0.4, -0.2) is 24.6 Å². The normalized spacial score (nSPS) is 20.2. The van der Waals surface area contributed by atoms with Crippen molar-refractivity contribution in [1.82, 2.24) is 10.3 Å². The number of piperidine rings is 1. The van der Waals surface area contributed by atoms with E-state index in [-0.39, 0.29) is 0 Å². The van der Waals surface area contributed by atoms with E-state index in [1.807, 2.05) is 13.2 Å². The van der Waals surface area contributed by atoms with Crippen LogP contribution in [0.3, 0.4) is 0 Å². The maximum Gasteiger partial charge on any atom is 0.0448 e. The van der Waals surface area contributed by atoms with Gasteiger partial charge in [-0.15, -0.1) is 0 Å². The molecule has 1 atom stereocenters. The summed E-state index contributed by atoms with van der Waals surface area (Å²) in [5, 5.41) is 3.25. The van der Waals surface area contributed by atoms with Crippen molar-refractivity contribution in [3.05, 3.63) is 23.5 Å². The van der Waals surface area contributed by atoms with Crippen LogP contribution >= 0.6 is 0 Å². The number of aromatic nitrogens is 1. The van der Waals surface area contributed by atoms with Crippen molar-refractivity contribution < 1.29 is 0 Å². The lowest BCUT2D eigenvalue weighted by atomic mass is 9.98. The Bertz CT molecular complexity index is 389. The SMILES string of the molecule is CCC1CCCCN1c1cc(C)ncc1CNC. The molecule has 18 heavy (non-hydrogen) atoms. The molecular formula is C15H25N3. The van der Waals surface area contributed by atoms with Crippen LogP contribution in [0.2, 0.25) is 0 Å². The van der Waals surface area contributed by atoms with Crippen LogP contribution in [0.25, 0.3) is 0 Å². The lowest BCUT2D eigenvalue weighted by Gasteiger charge is -2.38. The molecule has 3 heteroatoms. The van der Waals surface area contributed by atoms with Gasteiger partial charge < -0.3 is 10.2 Å². The van der Waals surface area contributed by atoms with Gasteiger partial charge in [0.15, 0.2) is 0 Å². The van der Waals surface area contributed by atoms with Gasteiger partial charge >= 0.3 is 0 Å². The second-order valence-electron chi connectivity index (χ2n) is 5.24. The van der Waals surface area contributed by atoms with E-state index in [4.69, 9.17) is 0 Å². The average Bonchev–Trinajstić information content (AvgIpc) is 2.41. The maximum absolute atomic E-state index is 4.44. The van der Waals surface area contributed by atoms with E-state index in [2.05, 4.69) is 35.1 Å². The van der Waals surface area contributed by atoms with Gasteiger partial charge in [0.05, 0.1) is 0 Å². The molecule has 0 amide bonds. The summed E-state index contributed by atoms with van der Waals surface area (Å²) >= 11 is 0. The Morgan fingerprint density at radius 3 is 3.00 bits per heavy atom. The monoisotopic (exact) mass is 247 g/mol. The molecule has 100 valence electrons. The number of hydrogen-bond acceptors (Lipinski definition) is 3. The Labute approximate surface area is 111 Å². The zero-order chi connectivity index (χ0) is 13.0. The van der Waals surface area contributed by atoms with E-state index < -0.39 is 0 Å². The molecule has 0 bridgehead atoms. The number of nitrogens with one attached hydrogen (secondary N) is 1. The summed E-state index contributed by atoms with van der Waals surface area (Å²) in [6.07, 6.45) is 7.29. The molecule has 0 aromatic carbocycles. The fourth-order valence-corrected chi connectivity index (χ4v) is 2.91. The largest absolute Gasteiger partial charge is 0.368 e. The molecule has 0 saturated carbocycles. The molecule has 0 spiro atoms. The summed E-state index contributed by atoms with van der Waals surface area (Å²) in [6.45, 7) is 6.47. The second-order valence-corrected chi connectivity index (χ2v) is 5.24. The minimum Gasteiger partial charge on any atom is -0.368 e. The van der Waals surface area contributed by atoms with Crippen LogP contribution in [0.5, 0.6) is 0 Å². The van der Waals surface area contributed by atoms with Crippen LogP contribution in [0.15, 0.2) is 12.3 Å². The Morgan fingerprint density at radius 2 is 2.28 bits per heavy atom. The molecule has 2 rings (SSSR count). The summed E-state index contributed by atoms with van der Waals surface area (Å²) in [5.74, 6) is 0. The van der Waals surface area contributed by atoms with Gasteiger partial charge in [-0.1, -0.05) is 6.92 Å². The molecule has 1 fully saturated rings. The Hall–Kier alpha value is -1.09.